The van der Waals surface area contributed by atoms with Crippen molar-refractivity contribution in [1.29, 1.82) is 0 Å². The summed E-state index contributed by atoms with van der Waals surface area (Å²) in [6.07, 6.45) is 1.50. The Hall–Kier alpha value is -3.48. The minimum absolute atomic E-state index is 0.00969. The van der Waals surface area contributed by atoms with E-state index in [2.05, 4.69) is 15.1 Å². The lowest BCUT2D eigenvalue weighted by atomic mass is 10.1. The first-order valence-electron chi connectivity index (χ1n) is 8.94. The van der Waals surface area contributed by atoms with Gasteiger partial charge in [-0.3, -0.25) is 0 Å². The zero-order valence-electron chi connectivity index (χ0n) is 16.2. The van der Waals surface area contributed by atoms with Gasteiger partial charge < -0.3 is 9.15 Å². The fraction of sp³-hybridized carbons (Fsp3) is 0.238. The van der Waals surface area contributed by atoms with Gasteiger partial charge in [-0.25, -0.2) is 19.3 Å². The number of esters is 1. The Labute approximate surface area is 162 Å². The molecule has 0 amide bonds. The number of oxazole rings is 1. The van der Waals surface area contributed by atoms with Crippen LogP contribution in [-0.4, -0.2) is 25.6 Å². The number of aromatic nitrogens is 4. The zero-order chi connectivity index (χ0) is 19.8. The van der Waals surface area contributed by atoms with Gasteiger partial charge in [0.2, 0.25) is 5.89 Å². The highest BCUT2D eigenvalue weighted by atomic mass is 16.5. The Bertz CT molecular complexity index is 1170. The lowest BCUT2D eigenvalue weighted by Crippen LogP contribution is -2.08. The van der Waals surface area contributed by atoms with Gasteiger partial charge in [-0.2, -0.15) is 5.10 Å². The number of fused-ring (bicyclic) bond motifs is 1. The molecule has 0 radical (unpaired) electrons. The normalized spacial score (nSPS) is 11.1. The van der Waals surface area contributed by atoms with Gasteiger partial charge >= 0.3 is 5.97 Å². The predicted molar refractivity (Wildman–Crippen MR) is 103 cm³/mol. The summed E-state index contributed by atoms with van der Waals surface area (Å²) in [5.74, 6) is 0.0102. The maximum absolute atomic E-state index is 12.7. The molecule has 0 aliphatic carbocycles. The highest BCUT2D eigenvalue weighted by Gasteiger charge is 2.21. The van der Waals surface area contributed by atoms with Crippen LogP contribution in [0, 0.1) is 27.7 Å². The molecule has 0 N–H and O–H groups in total. The number of aryl methyl sites for hydroxylation is 4. The Morgan fingerprint density at radius 1 is 1.11 bits per heavy atom. The van der Waals surface area contributed by atoms with Crippen LogP contribution in [0.25, 0.3) is 17.1 Å². The summed E-state index contributed by atoms with van der Waals surface area (Å²) in [6.45, 7) is 7.60. The maximum Gasteiger partial charge on any atom is 0.344 e. The molecule has 0 bridgehead atoms. The van der Waals surface area contributed by atoms with Crippen molar-refractivity contribution in [2.45, 2.75) is 34.3 Å². The van der Waals surface area contributed by atoms with E-state index in [1.165, 1.54) is 6.26 Å². The van der Waals surface area contributed by atoms with E-state index in [1.54, 1.807) is 11.4 Å². The topological polar surface area (TPSA) is 82.5 Å². The fourth-order valence-corrected chi connectivity index (χ4v) is 3.08. The summed E-state index contributed by atoms with van der Waals surface area (Å²) in [5, 5.41) is 4.40. The van der Waals surface area contributed by atoms with Crippen molar-refractivity contribution in [1.82, 2.24) is 19.6 Å². The number of nitrogens with zero attached hydrogens (tertiary/aromatic N) is 4. The summed E-state index contributed by atoms with van der Waals surface area (Å²) in [5.41, 5.74) is 5.74. The van der Waals surface area contributed by atoms with Crippen LogP contribution < -0.4 is 0 Å². The summed E-state index contributed by atoms with van der Waals surface area (Å²) >= 11 is 0. The molecule has 3 heterocycles. The minimum atomic E-state index is -0.482. The Balaban J connectivity index is 1.53. The van der Waals surface area contributed by atoms with Crippen LogP contribution in [0.1, 0.15) is 38.7 Å². The SMILES string of the molecule is Cc1ccc(-c2nc(COC(=O)c3c(C)nn4c(C)cc(C)nc34)co2)cc1. The van der Waals surface area contributed by atoms with Crippen LogP contribution in [0.4, 0.5) is 0 Å². The molecule has 4 rings (SSSR count). The van der Waals surface area contributed by atoms with Crippen molar-refractivity contribution in [2.24, 2.45) is 0 Å². The molecule has 0 saturated carbocycles. The third kappa shape index (κ3) is 3.26. The van der Waals surface area contributed by atoms with Gasteiger partial charge in [-0.1, -0.05) is 17.7 Å². The monoisotopic (exact) mass is 376 g/mol. The summed E-state index contributed by atoms with van der Waals surface area (Å²) < 4.78 is 12.6. The second-order valence-electron chi connectivity index (χ2n) is 6.82. The molecule has 0 saturated heterocycles. The zero-order valence-corrected chi connectivity index (χ0v) is 16.2. The van der Waals surface area contributed by atoms with E-state index in [0.29, 0.717) is 28.5 Å². The molecule has 0 unspecified atom stereocenters. The van der Waals surface area contributed by atoms with Crippen molar-refractivity contribution in [2.75, 3.05) is 0 Å². The molecule has 4 aromatic rings. The highest BCUT2D eigenvalue weighted by molar-refractivity contribution is 5.97. The maximum atomic E-state index is 12.7. The molecule has 0 spiro atoms. The van der Waals surface area contributed by atoms with Crippen molar-refractivity contribution in [3.63, 3.8) is 0 Å². The molecule has 28 heavy (non-hydrogen) atoms. The van der Waals surface area contributed by atoms with Gasteiger partial charge in [-0.15, -0.1) is 0 Å². The first-order chi connectivity index (χ1) is 13.4. The van der Waals surface area contributed by atoms with Gasteiger partial charge in [0.1, 0.15) is 24.1 Å². The van der Waals surface area contributed by atoms with Crippen LogP contribution in [0.15, 0.2) is 41.0 Å². The molecule has 1 aromatic carbocycles. The molecule has 0 fully saturated rings. The van der Waals surface area contributed by atoms with Gasteiger partial charge in [0, 0.05) is 17.0 Å². The quantitative estimate of drug-likeness (QED) is 0.501. The number of ether oxygens (including phenoxy) is 1. The third-order valence-electron chi connectivity index (χ3n) is 4.48. The largest absolute Gasteiger partial charge is 0.455 e. The van der Waals surface area contributed by atoms with Gasteiger partial charge in [0.25, 0.3) is 0 Å². The number of hydrogen-bond acceptors (Lipinski definition) is 6. The molecule has 142 valence electrons. The van der Waals surface area contributed by atoms with E-state index in [0.717, 1.165) is 22.5 Å². The van der Waals surface area contributed by atoms with Crippen molar-refractivity contribution >= 4 is 11.6 Å². The summed E-state index contributed by atoms with van der Waals surface area (Å²) in [7, 11) is 0. The summed E-state index contributed by atoms with van der Waals surface area (Å²) in [4.78, 5) is 21.5. The van der Waals surface area contributed by atoms with Gasteiger partial charge in [-0.05, 0) is 45.9 Å². The Morgan fingerprint density at radius 2 is 1.86 bits per heavy atom. The molecule has 0 aliphatic rings. The standard InChI is InChI=1S/C21H20N4O3/c1-12-5-7-16(8-6-12)20-23-17(10-27-20)11-28-21(26)18-15(4)24-25-14(3)9-13(2)22-19(18)25/h5-10H,11H2,1-4H3. The number of carbonyl (C=O) groups is 1. The van der Waals surface area contributed by atoms with Gasteiger partial charge in [0.05, 0.1) is 5.69 Å². The Morgan fingerprint density at radius 3 is 2.61 bits per heavy atom. The van der Waals surface area contributed by atoms with Crippen LogP contribution in [0.3, 0.4) is 0 Å². The molecule has 7 heteroatoms. The van der Waals surface area contributed by atoms with Crippen LogP contribution in [0.5, 0.6) is 0 Å². The van der Waals surface area contributed by atoms with E-state index in [-0.39, 0.29) is 6.61 Å². The second-order valence-corrected chi connectivity index (χ2v) is 6.82. The molecule has 3 aromatic heterocycles. The van der Waals surface area contributed by atoms with Crippen LogP contribution >= 0.6 is 0 Å². The van der Waals surface area contributed by atoms with Crippen molar-refractivity contribution in [3.8, 4) is 11.5 Å². The van der Waals surface area contributed by atoms with E-state index in [4.69, 9.17) is 9.15 Å². The number of hydrogen-bond donors (Lipinski definition) is 0. The second kappa shape index (κ2) is 6.92. The average molecular weight is 376 g/mol. The van der Waals surface area contributed by atoms with E-state index < -0.39 is 5.97 Å². The van der Waals surface area contributed by atoms with E-state index >= 15 is 0 Å². The highest BCUT2D eigenvalue weighted by Crippen LogP contribution is 2.21. The smallest absolute Gasteiger partial charge is 0.344 e. The number of benzene rings is 1. The number of carbonyl (C=O) groups excluding carboxylic acids is 1. The van der Waals surface area contributed by atoms with Crippen molar-refractivity contribution in [3.05, 3.63) is 70.5 Å². The average Bonchev–Trinajstić information content (AvgIpc) is 3.25. The van der Waals surface area contributed by atoms with E-state index in [1.807, 2.05) is 51.1 Å². The van der Waals surface area contributed by atoms with Crippen molar-refractivity contribution < 1.29 is 13.9 Å². The van der Waals surface area contributed by atoms with Crippen LogP contribution in [0.2, 0.25) is 0 Å². The first kappa shape index (κ1) is 17.9. The molecular formula is C21H20N4O3. The minimum Gasteiger partial charge on any atom is -0.455 e. The molecular weight excluding hydrogens is 356 g/mol. The molecule has 0 atom stereocenters. The van der Waals surface area contributed by atoms with Gasteiger partial charge in [0.15, 0.2) is 5.65 Å². The summed E-state index contributed by atoms with van der Waals surface area (Å²) in [6, 6.07) is 9.77. The Kier molecular flexibility index (Phi) is 4.43. The number of rotatable bonds is 4. The predicted octanol–water partition coefficient (Wildman–Crippen LogP) is 3.97. The lowest BCUT2D eigenvalue weighted by Gasteiger charge is -2.03. The van der Waals surface area contributed by atoms with Crippen LogP contribution in [-0.2, 0) is 11.3 Å². The molecule has 0 aliphatic heterocycles. The first-order valence-corrected chi connectivity index (χ1v) is 8.94. The fourth-order valence-electron chi connectivity index (χ4n) is 3.08. The molecule has 7 nitrogen and oxygen atoms in total. The lowest BCUT2D eigenvalue weighted by molar-refractivity contribution is 0.0469. The third-order valence-corrected chi connectivity index (χ3v) is 4.48. The van der Waals surface area contributed by atoms with E-state index in [9.17, 15) is 4.79 Å².